The standard InChI is InChI=1S/C17H19BrFNO/c1-12(15-6-7-17(19)16(18)9-15)20-10-13-4-3-5-14(8-13)11-21-2/h3-9,12,20H,10-11H2,1-2H3. The third-order valence-electron chi connectivity index (χ3n) is 3.36. The van der Waals surface area contributed by atoms with Crippen LogP contribution in [0.25, 0.3) is 0 Å². The fourth-order valence-electron chi connectivity index (χ4n) is 2.17. The van der Waals surface area contributed by atoms with Crippen molar-refractivity contribution >= 4 is 15.9 Å². The lowest BCUT2D eigenvalue weighted by Crippen LogP contribution is -2.18. The van der Waals surface area contributed by atoms with Crippen LogP contribution < -0.4 is 5.32 Å². The van der Waals surface area contributed by atoms with E-state index in [1.807, 2.05) is 18.2 Å². The number of halogens is 2. The van der Waals surface area contributed by atoms with Crippen molar-refractivity contribution < 1.29 is 9.13 Å². The number of hydrogen-bond donors (Lipinski definition) is 1. The minimum atomic E-state index is -0.238. The number of ether oxygens (including phenoxy) is 1. The second kappa shape index (κ2) is 7.69. The first-order valence-electron chi connectivity index (χ1n) is 6.85. The van der Waals surface area contributed by atoms with Crippen LogP contribution in [-0.4, -0.2) is 7.11 Å². The Balaban J connectivity index is 1.98. The van der Waals surface area contributed by atoms with Crippen molar-refractivity contribution in [3.63, 3.8) is 0 Å². The van der Waals surface area contributed by atoms with E-state index in [1.165, 1.54) is 11.6 Å². The van der Waals surface area contributed by atoms with Gasteiger partial charge in [0.25, 0.3) is 0 Å². The van der Waals surface area contributed by atoms with E-state index < -0.39 is 0 Å². The Bertz CT molecular complexity index is 603. The molecule has 0 saturated carbocycles. The third-order valence-corrected chi connectivity index (χ3v) is 3.97. The van der Waals surface area contributed by atoms with Gasteiger partial charge in [0.1, 0.15) is 5.82 Å². The van der Waals surface area contributed by atoms with Gasteiger partial charge in [-0.15, -0.1) is 0 Å². The topological polar surface area (TPSA) is 21.3 Å². The fraction of sp³-hybridized carbons (Fsp3) is 0.294. The van der Waals surface area contributed by atoms with Crippen LogP contribution in [0.4, 0.5) is 4.39 Å². The van der Waals surface area contributed by atoms with Gasteiger partial charge < -0.3 is 10.1 Å². The van der Waals surface area contributed by atoms with Crippen LogP contribution in [0.2, 0.25) is 0 Å². The van der Waals surface area contributed by atoms with E-state index in [9.17, 15) is 4.39 Å². The molecule has 0 bridgehead atoms. The van der Waals surface area contributed by atoms with Crippen molar-refractivity contribution in [1.29, 1.82) is 0 Å². The first-order chi connectivity index (χ1) is 10.1. The average Bonchev–Trinajstić information content (AvgIpc) is 2.48. The number of nitrogens with one attached hydrogen (secondary N) is 1. The highest BCUT2D eigenvalue weighted by Gasteiger charge is 2.08. The minimum Gasteiger partial charge on any atom is -0.380 e. The van der Waals surface area contributed by atoms with Crippen LogP contribution in [0.15, 0.2) is 46.9 Å². The molecule has 0 aliphatic heterocycles. The van der Waals surface area contributed by atoms with Crippen LogP contribution in [0.3, 0.4) is 0 Å². The number of benzene rings is 2. The molecule has 2 rings (SSSR count). The van der Waals surface area contributed by atoms with Gasteiger partial charge in [0.15, 0.2) is 0 Å². The first kappa shape index (κ1) is 16.1. The summed E-state index contributed by atoms with van der Waals surface area (Å²) in [4.78, 5) is 0. The van der Waals surface area contributed by atoms with Crippen LogP contribution in [0.1, 0.15) is 29.7 Å². The van der Waals surface area contributed by atoms with Crippen molar-refractivity contribution in [1.82, 2.24) is 5.32 Å². The molecule has 4 heteroatoms. The largest absolute Gasteiger partial charge is 0.380 e. The zero-order valence-corrected chi connectivity index (χ0v) is 13.8. The summed E-state index contributed by atoms with van der Waals surface area (Å²) >= 11 is 3.22. The monoisotopic (exact) mass is 351 g/mol. The lowest BCUT2D eigenvalue weighted by molar-refractivity contribution is 0.185. The Morgan fingerprint density at radius 1 is 1.19 bits per heavy atom. The first-order valence-corrected chi connectivity index (χ1v) is 7.64. The van der Waals surface area contributed by atoms with E-state index >= 15 is 0 Å². The van der Waals surface area contributed by atoms with Gasteiger partial charge in [-0.1, -0.05) is 30.3 Å². The molecule has 21 heavy (non-hydrogen) atoms. The molecule has 0 heterocycles. The van der Waals surface area contributed by atoms with Crippen LogP contribution in [0, 0.1) is 5.82 Å². The highest BCUT2D eigenvalue weighted by atomic mass is 79.9. The third kappa shape index (κ3) is 4.63. The van der Waals surface area contributed by atoms with Gasteiger partial charge in [0.2, 0.25) is 0 Å². The Morgan fingerprint density at radius 2 is 1.95 bits per heavy atom. The number of methoxy groups -OCH3 is 1. The zero-order chi connectivity index (χ0) is 15.2. The van der Waals surface area contributed by atoms with E-state index in [2.05, 4.69) is 40.3 Å². The Kier molecular flexibility index (Phi) is 5.91. The van der Waals surface area contributed by atoms with Crippen molar-refractivity contribution in [3.8, 4) is 0 Å². The van der Waals surface area contributed by atoms with Gasteiger partial charge >= 0.3 is 0 Å². The molecule has 1 atom stereocenters. The molecule has 0 aliphatic carbocycles. The predicted molar refractivity (Wildman–Crippen MR) is 86.5 cm³/mol. The van der Waals surface area contributed by atoms with Crippen molar-refractivity contribution in [3.05, 3.63) is 69.4 Å². The molecular weight excluding hydrogens is 333 g/mol. The van der Waals surface area contributed by atoms with Gasteiger partial charge in [-0.2, -0.15) is 0 Å². The molecule has 2 nitrogen and oxygen atoms in total. The molecule has 2 aromatic rings. The normalized spacial score (nSPS) is 12.4. The summed E-state index contributed by atoms with van der Waals surface area (Å²) in [5.41, 5.74) is 3.42. The van der Waals surface area contributed by atoms with Gasteiger partial charge in [-0.05, 0) is 51.7 Å². The molecule has 0 aliphatic rings. The predicted octanol–water partition coefficient (Wildman–Crippen LogP) is 4.59. The molecule has 0 amide bonds. The van der Waals surface area contributed by atoms with Gasteiger partial charge in [0, 0.05) is 19.7 Å². The summed E-state index contributed by atoms with van der Waals surface area (Å²) in [6.07, 6.45) is 0. The summed E-state index contributed by atoms with van der Waals surface area (Å²) in [5, 5.41) is 3.45. The van der Waals surface area contributed by atoms with E-state index in [1.54, 1.807) is 13.2 Å². The maximum absolute atomic E-state index is 13.3. The molecule has 1 unspecified atom stereocenters. The second-order valence-corrected chi connectivity index (χ2v) is 5.88. The minimum absolute atomic E-state index is 0.146. The van der Waals surface area contributed by atoms with Crippen molar-refractivity contribution in [2.45, 2.75) is 26.1 Å². The highest BCUT2D eigenvalue weighted by molar-refractivity contribution is 9.10. The van der Waals surface area contributed by atoms with Crippen LogP contribution in [0.5, 0.6) is 0 Å². The Morgan fingerprint density at radius 3 is 2.67 bits per heavy atom. The molecule has 0 aromatic heterocycles. The molecule has 0 saturated heterocycles. The molecule has 0 radical (unpaired) electrons. The molecule has 112 valence electrons. The van der Waals surface area contributed by atoms with Crippen molar-refractivity contribution in [2.24, 2.45) is 0 Å². The SMILES string of the molecule is COCc1cccc(CNC(C)c2ccc(F)c(Br)c2)c1. The van der Waals surface area contributed by atoms with E-state index in [4.69, 9.17) is 4.74 Å². The summed E-state index contributed by atoms with van der Waals surface area (Å²) in [6, 6.07) is 13.5. The fourth-order valence-corrected chi connectivity index (χ4v) is 2.56. The lowest BCUT2D eigenvalue weighted by atomic mass is 10.1. The molecule has 1 N–H and O–H groups in total. The average molecular weight is 352 g/mol. The summed E-state index contributed by atoms with van der Waals surface area (Å²) in [7, 11) is 1.69. The Hall–Kier alpha value is -1.23. The molecular formula is C17H19BrFNO. The van der Waals surface area contributed by atoms with Crippen molar-refractivity contribution in [2.75, 3.05) is 7.11 Å². The van der Waals surface area contributed by atoms with Crippen LogP contribution >= 0.6 is 15.9 Å². The summed E-state index contributed by atoms with van der Waals surface area (Å²) in [6.45, 7) is 3.45. The van der Waals surface area contributed by atoms with E-state index in [0.29, 0.717) is 11.1 Å². The smallest absolute Gasteiger partial charge is 0.137 e. The maximum atomic E-state index is 13.3. The Labute approximate surface area is 133 Å². The molecule has 0 spiro atoms. The van der Waals surface area contributed by atoms with E-state index in [-0.39, 0.29) is 11.9 Å². The van der Waals surface area contributed by atoms with Gasteiger partial charge in [-0.3, -0.25) is 0 Å². The lowest BCUT2D eigenvalue weighted by Gasteiger charge is -2.15. The number of rotatable bonds is 6. The van der Waals surface area contributed by atoms with Gasteiger partial charge in [0.05, 0.1) is 11.1 Å². The molecule has 0 fully saturated rings. The highest BCUT2D eigenvalue weighted by Crippen LogP contribution is 2.21. The number of hydrogen-bond acceptors (Lipinski definition) is 2. The van der Waals surface area contributed by atoms with E-state index in [0.717, 1.165) is 17.7 Å². The molecule has 2 aromatic carbocycles. The summed E-state index contributed by atoms with van der Waals surface area (Å²) in [5.74, 6) is -0.238. The van der Waals surface area contributed by atoms with Crippen LogP contribution in [-0.2, 0) is 17.9 Å². The maximum Gasteiger partial charge on any atom is 0.137 e. The zero-order valence-electron chi connectivity index (χ0n) is 12.2. The quantitative estimate of drug-likeness (QED) is 0.821. The second-order valence-electron chi connectivity index (χ2n) is 5.03. The van der Waals surface area contributed by atoms with Gasteiger partial charge in [-0.25, -0.2) is 4.39 Å². The summed E-state index contributed by atoms with van der Waals surface area (Å²) < 4.78 is 18.9.